The second-order valence-electron chi connectivity index (χ2n) is 4.23. The molecule has 2 N–H and O–H groups in total. The number of aliphatic hydroxyl groups excluding tert-OH is 2. The number of alkyl halides is 3. The van der Waals surface area contributed by atoms with Gasteiger partial charge in [-0.2, -0.15) is 18.4 Å². The number of hydrogen-bond donors (Lipinski definition) is 2. The van der Waals surface area contributed by atoms with Gasteiger partial charge in [-0.15, -0.1) is 0 Å². The molecule has 0 saturated heterocycles. The van der Waals surface area contributed by atoms with Gasteiger partial charge in [0.2, 0.25) is 0 Å². The monoisotopic (exact) mass is 319 g/mol. The number of nitriles is 1. The molecule has 0 saturated carbocycles. The van der Waals surface area contributed by atoms with Gasteiger partial charge < -0.3 is 10.2 Å². The highest BCUT2D eigenvalue weighted by atomic mass is 32.2. The Morgan fingerprint density at radius 2 is 2.05 bits per heavy atom. The van der Waals surface area contributed by atoms with Crippen LogP contribution in [0.15, 0.2) is 18.2 Å². The van der Waals surface area contributed by atoms with Crippen LogP contribution in [0.2, 0.25) is 0 Å². The Balaban J connectivity index is 3.04. The van der Waals surface area contributed by atoms with Gasteiger partial charge in [-0.3, -0.25) is 4.79 Å². The van der Waals surface area contributed by atoms with E-state index in [1.54, 1.807) is 0 Å². The predicted octanol–water partition coefficient (Wildman–Crippen LogP) is 2.25. The Kier molecular flexibility index (Phi) is 5.78. The Morgan fingerprint density at radius 3 is 2.52 bits per heavy atom. The van der Waals surface area contributed by atoms with Crippen molar-refractivity contribution in [2.75, 3.05) is 5.75 Å². The van der Waals surface area contributed by atoms with E-state index in [0.717, 1.165) is 23.9 Å². The molecule has 114 valence electrons. The quantitative estimate of drug-likeness (QED) is 0.889. The van der Waals surface area contributed by atoms with E-state index in [0.29, 0.717) is 6.07 Å². The maximum Gasteiger partial charge on any atom is 0.417 e. The highest BCUT2D eigenvalue weighted by Gasteiger charge is 2.34. The van der Waals surface area contributed by atoms with E-state index < -0.39 is 29.5 Å². The molecule has 1 rings (SSSR count). The molecule has 4 nitrogen and oxygen atoms in total. The van der Waals surface area contributed by atoms with Crippen LogP contribution < -0.4 is 0 Å². The molecule has 21 heavy (non-hydrogen) atoms. The number of carbonyl (C=O) groups excluding carboxylic acids is 1. The number of thioether (sulfide) groups is 1. The van der Waals surface area contributed by atoms with Crippen LogP contribution >= 0.6 is 11.8 Å². The van der Waals surface area contributed by atoms with Crippen LogP contribution in [-0.4, -0.2) is 27.2 Å². The van der Waals surface area contributed by atoms with E-state index in [1.165, 1.54) is 13.0 Å². The van der Waals surface area contributed by atoms with Gasteiger partial charge in [0, 0.05) is 12.7 Å². The number of nitrogens with zero attached hydrogens (tertiary/aromatic N) is 1. The fourth-order valence-corrected chi connectivity index (χ4v) is 2.18. The summed E-state index contributed by atoms with van der Waals surface area (Å²) in [5, 5.41) is 27.9. The SMILES string of the molecule is CC(=O)SCC(O)C(O)c1ccc(C#N)c(C(F)(F)F)c1. The van der Waals surface area contributed by atoms with Crippen molar-refractivity contribution in [2.24, 2.45) is 0 Å². The van der Waals surface area contributed by atoms with Crippen molar-refractivity contribution in [3.8, 4) is 6.07 Å². The number of hydrogen-bond acceptors (Lipinski definition) is 5. The Hall–Kier alpha value is -1.56. The average Bonchev–Trinajstić information content (AvgIpc) is 2.42. The first-order valence-electron chi connectivity index (χ1n) is 5.77. The maximum absolute atomic E-state index is 12.8. The van der Waals surface area contributed by atoms with E-state index >= 15 is 0 Å². The molecule has 0 aliphatic carbocycles. The molecule has 0 bridgehead atoms. The van der Waals surface area contributed by atoms with Crippen molar-refractivity contribution in [1.29, 1.82) is 5.26 Å². The van der Waals surface area contributed by atoms with Crippen molar-refractivity contribution < 1.29 is 28.2 Å². The molecular formula is C13H12F3NO3S. The Labute approximate surface area is 123 Å². The zero-order valence-electron chi connectivity index (χ0n) is 10.9. The third-order valence-corrected chi connectivity index (χ3v) is 3.55. The minimum absolute atomic E-state index is 0.141. The number of benzene rings is 1. The summed E-state index contributed by atoms with van der Waals surface area (Å²) in [6.07, 6.45) is -7.71. The van der Waals surface area contributed by atoms with E-state index in [4.69, 9.17) is 5.26 Å². The summed E-state index contributed by atoms with van der Waals surface area (Å²) >= 11 is 0.756. The fourth-order valence-electron chi connectivity index (χ4n) is 1.59. The number of carbonyl (C=O) groups is 1. The smallest absolute Gasteiger partial charge is 0.389 e. The molecule has 0 amide bonds. The molecule has 2 atom stereocenters. The van der Waals surface area contributed by atoms with Gasteiger partial charge in [0.05, 0.1) is 23.3 Å². The van der Waals surface area contributed by atoms with Crippen molar-refractivity contribution in [1.82, 2.24) is 0 Å². The summed E-state index contributed by atoms with van der Waals surface area (Å²) in [6, 6.07) is 4.13. The molecule has 0 aliphatic heterocycles. The average molecular weight is 319 g/mol. The van der Waals surface area contributed by atoms with Crippen LogP contribution in [0.1, 0.15) is 29.7 Å². The molecule has 8 heteroatoms. The van der Waals surface area contributed by atoms with Crippen LogP contribution in [0, 0.1) is 11.3 Å². The van der Waals surface area contributed by atoms with E-state index in [9.17, 15) is 28.2 Å². The minimum Gasteiger partial charge on any atom is -0.389 e. The molecule has 0 fully saturated rings. The van der Waals surface area contributed by atoms with Crippen molar-refractivity contribution in [3.63, 3.8) is 0 Å². The van der Waals surface area contributed by atoms with Crippen LogP contribution in [-0.2, 0) is 11.0 Å². The van der Waals surface area contributed by atoms with Gasteiger partial charge in [-0.25, -0.2) is 0 Å². The lowest BCUT2D eigenvalue weighted by atomic mass is 9.99. The lowest BCUT2D eigenvalue weighted by Gasteiger charge is -2.19. The largest absolute Gasteiger partial charge is 0.417 e. The van der Waals surface area contributed by atoms with Gasteiger partial charge in [-0.1, -0.05) is 17.8 Å². The van der Waals surface area contributed by atoms with Crippen LogP contribution in [0.5, 0.6) is 0 Å². The molecule has 1 aromatic carbocycles. The van der Waals surface area contributed by atoms with Gasteiger partial charge >= 0.3 is 6.18 Å². The Bertz CT molecular complexity index is 569. The van der Waals surface area contributed by atoms with Crippen molar-refractivity contribution in [2.45, 2.75) is 25.3 Å². The third-order valence-electron chi connectivity index (χ3n) is 2.63. The molecule has 2 unspecified atom stereocenters. The summed E-state index contributed by atoms with van der Waals surface area (Å²) in [5.74, 6) is -0.141. The summed E-state index contributed by atoms with van der Waals surface area (Å²) in [5.41, 5.74) is -1.91. The first-order chi connectivity index (χ1) is 9.66. The van der Waals surface area contributed by atoms with Crippen molar-refractivity contribution >= 4 is 16.9 Å². The van der Waals surface area contributed by atoms with Gasteiger partial charge in [-0.05, 0) is 17.7 Å². The zero-order valence-corrected chi connectivity index (χ0v) is 11.7. The Morgan fingerprint density at radius 1 is 1.43 bits per heavy atom. The van der Waals surface area contributed by atoms with E-state index in [1.807, 2.05) is 0 Å². The summed E-state index contributed by atoms with van der Waals surface area (Å²) < 4.78 is 38.4. The van der Waals surface area contributed by atoms with Crippen LogP contribution in [0.25, 0.3) is 0 Å². The summed E-state index contributed by atoms with van der Waals surface area (Å²) in [7, 11) is 0. The maximum atomic E-state index is 12.8. The van der Waals surface area contributed by atoms with Crippen LogP contribution in [0.3, 0.4) is 0 Å². The van der Waals surface area contributed by atoms with Gasteiger partial charge in [0.1, 0.15) is 6.10 Å². The molecule has 0 aliphatic rings. The summed E-state index contributed by atoms with van der Waals surface area (Å²) in [4.78, 5) is 10.8. The van der Waals surface area contributed by atoms with E-state index in [2.05, 4.69) is 0 Å². The number of aliphatic hydroxyl groups is 2. The molecule has 0 aromatic heterocycles. The molecule has 0 heterocycles. The second-order valence-corrected chi connectivity index (χ2v) is 5.43. The fraction of sp³-hybridized carbons (Fsp3) is 0.385. The number of rotatable bonds is 4. The first kappa shape index (κ1) is 17.5. The molecule has 1 aromatic rings. The zero-order chi connectivity index (χ0) is 16.2. The van der Waals surface area contributed by atoms with Gasteiger partial charge in [0.15, 0.2) is 5.12 Å². The van der Waals surface area contributed by atoms with Crippen molar-refractivity contribution in [3.05, 3.63) is 34.9 Å². The standard InChI is InChI=1S/C13H12F3NO3S/c1-7(18)21-6-11(19)12(20)8-2-3-9(5-17)10(4-8)13(14,15)16/h2-4,11-12,19-20H,6H2,1H3. The second kappa shape index (κ2) is 6.93. The topological polar surface area (TPSA) is 81.3 Å². The van der Waals surface area contributed by atoms with Gasteiger partial charge in [0.25, 0.3) is 0 Å². The highest BCUT2D eigenvalue weighted by molar-refractivity contribution is 8.13. The third kappa shape index (κ3) is 4.74. The number of halogens is 3. The molecule has 0 radical (unpaired) electrons. The lowest BCUT2D eigenvalue weighted by molar-refractivity contribution is -0.137. The molecule has 0 spiro atoms. The molecular weight excluding hydrogens is 307 g/mol. The first-order valence-corrected chi connectivity index (χ1v) is 6.76. The lowest BCUT2D eigenvalue weighted by Crippen LogP contribution is -2.22. The van der Waals surface area contributed by atoms with E-state index in [-0.39, 0.29) is 16.4 Å². The minimum atomic E-state index is -4.74. The predicted molar refractivity (Wildman–Crippen MR) is 70.3 cm³/mol. The summed E-state index contributed by atoms with van der Waals surface area (Å²) in [6.45, 7) is 1.27. The van der Waals surface area contributed by atoms with Crippen LogP contribution in [0.4, 0.5) is 13.2 Å². The normalized spacial score (nSPS) is 14.3. The highest BCUT2D eigenvalue weighted by Crippen LogP contribution is 2.34.